The maximum atomic E-state index is 11.9. The average molecular weight is 295 g/mol. The third-order valence-electron chi connectivity index (χ3n) is 3.20. The Labute approximate surface area is 131 Å². The number of benzene rings is 2. The molecule has 0 aliphatic heterocycles. The first-order chi connectivity index (χ1) is 10.8. The Morgan fingerprint density at radius 2 is 1.64 bits per heavy atom. The minimum Gasteiger partial charge on any atom is -0.307 e. The first-order valence-electron chi connectivity index (χ1n) is 7.53. The van der Waals surface area contributed by atoms with Crippen LogP contribution in [0, 0.1) is 0 Å². The predicted octanol–water partition coefficient (Wildman–Crippen LogP) is 4.40. The molecule has 4 nitrogen and oxygen atoms in total. The van der Waals surface area contributed by atoms with Crippen LogP contribution in [0.1, 0.15) is 31.7 Å². The lowest BCUT2D eigenvalue weighted by atomic mass is 10.1. The quantitative estimate of drug-likeness (QED) is 0.602. The molecule has 0 heterocycles. The average Bonchev–Trinajstić information content (AvgIpc) is 2.57. The summed E-state index contributed by atoms with van der Waals surface area (Å²) >= 11 is 0. The van der Waals surface area contributed by atoms with Crippen molar-refractivity contribution in [3.63, 3.8) is 0 Å². The van der Waals surface area contributed by atoms with E-state index in [2.05, 4.69) is 22.8 Å². The third-order valence-corrected chi connectivity index (χ3v) is 3.20. The van der Waals surface area contributed by atoms with Gasteiger partial charge in [-0.3, -0.25) is 0 Å². The van der Waals surface area contributed by atoms with Gasteiger partial charge < -0.3 is 5.32 Å². The van der Waals surface area contributed by atoms with Crippen molar-refractivity contribution < 1.29 is 4.79 Å². The molecule has 0 aliphatic carbocycles. The molecule has 0 radical (unpaired) electrons. The van der Waals surface area contributed by atoms with E-state index in [4.69, 9.17) is 0 Å². The Morgan fingerprint density at radius 1 is 1.00 bits per heavy atom. The molecule has 0 atom stereocenters. The molecule has 0 spiro atoms. The summed E-state index contributed by atoms with van der Waals surface area (Å²) in [6, 6.07) is 18.9. The van der Waals surface area contributed by atoms with Crippen molar-refractivity contribution >= 4 is 17.4 Å². The second-order valence-corrected chi connectivity index (χ2v) is 4.96. The molecule has 0 aromatic heterocycles. The Hall–Kier alpha value is -2.62. The number of para-hydroxylation sites is 1. The van der Waals surface area contributed by atoms with Crippen molar-refractivity contribution in [3.05, 3.63) is 66.2 Å². The van der Waals surface area contributed by atoms with Crippen LogP contribution < -0.4 is 10.7 Å². The van der Waals surface area contributed by atoms with E-state index in [1.165, 1.54) is 0 Å². The summed E-state index contributed by atoms with van der Waals surface area (Å²) in [6.45, 7) is 2.14. The molecule has 2 rings (SSSR count). The van der Waals surface area contributed by atoms with Crippen molar-refractivity contribution in [1.82, 2.24) is 5.43 Å². The van der Waals surface area contributed by atoms with Crippen LogP contribution in [0.5, 0.6) is 0 Å². The Balaban J connectivity index is 2.01. The second-order valence-electron chi connectivity index (χ2n) is 4.96. The molecule has 0 saturated heterocycles. The van der Waals surface area contributed by atoms with Crippen molar-refractivity contribution in [2.45, 2.75) is 26.2 Å². The number of anilines is 1. The van der Waals surface area contributed by atoms with Gasteiger partial charge in [-0.1, -0.05) is 61.9 Å². The molecule has 0 aliphatic rings. The first kappa shape index (κ1) is 15.8. The van der Waals surface area contributed by atoms with E-state index in [9.17, 15) is 4.79 Å². The fraction of sp³-hybridized carbons (Fsp3) is 0.222. The maximum Gasteiger partial charge on any atom is 0.339 e. The lowest BCUT2D eigenvalue weighted by molar-refractivity contribution is 0.252. The largest absolute Gasteiger partial charge is 0.339 e. The zero-order valence-corrected chi connectivity index (χ0v) is 12.8. The number of unbranched alkanes of at least 4 members (excludes halogenated alkanes) is 1. The number of amides is 2. The highest BCUT2D eigenvalue weighted by Gasteiger charge is 2.05. The fourth-order valence-electron chi connectivity index (χ4n) is 2.04. The number of hydrogen-bond donors (Lipinski definition) is 2. The number of nitrogens with one attached hydrogen (secondary N) is 2. The lowest BCUT2D eigenvalue weighted by Gasteiger charge is -2.08. The Kier molecular flexibility index (Phi) is 6.18. The number of carbonyl (C=O) groups is 1. The summed E-state index contributed by atoms with van der Waals surface area (Å²) < 4.78 is 0. The van der Waals surface area contributed by atoms with Gasteiger partial charge in [0.1, 0.15) is 0 Å². The molecule has 0 fully saturated rings. The van der Waals surface area contributed by atoms with E-state index in [1.54, 1.807) is 0 Å². The first-order valence-corrected chi connectivity index (χ1v) is 7.53. The van der Waals surface area contributed by atoms with Crippen LogP contribution in [-0.2, 0) is 0 Å². The number of rotatable bonds is 6. The van der Waals surface area contributed by atoms with Gasteiger partial charge in [0.05, 0.1) is 5.71 Å². The minimum absolute atomic E-state index is 0.337. The number of hydrogen-bond acceptors (Lipinski definition) is 2. The van der Waals surface area contributed by atoms with Crippen molar-refractivity contribution in [2.24, 2.45) is 5.10 Å². The van der Waals surface area contributed by atoms with Gasteiger partial charge in [-0.2, -0.15) is 5.10 Å². The molecule has 22 heavy (non-hydrogen) atoms. The fourth-order valence-corrected chi connectivity index (χ4v) is 2.04. The summed E-state index contributed by atoms with van der Waals surface area (Å²) in [5.74, 6) is 0. The SMILES string of the molecule is CCCCC(=NNC(=O)Nc1ccccc1)c1ccccc1. The predicted molar refractivity (Wildman–Crippen MR) is 91.1 cm³/mol. The topological polar surface area (TPSA) is 53.5 Å². The second kappa shape index (κ2) is 8.62. The van der Waals surface area contributed by atoms with E-state index >= 15 is 0 Å². The van der Waals surface area contributed by atoms with Crippen molar-refractivity contribution in [3.8, 4) is 0 Å². The van der Waals surface area contributed by atoms with Gasteiger partial charge in [0.15, 0.2) is 0 Å². The van der Waals surface area contributed by atoms with Crippen LogP contribution in [-0.4, -0.2) is 11.7 Å². The summed E-state index contributed by atoms with van der Waals surface area (Å²) in [6.07, 6.45) is 2.96. The zero-order valence-electron chi connectivity index (χ0n) is 12.8. The molecule has 2 N–H and O–H groups in total. The van der Waals surface area contributed by atoms with Crippen LogP contribution >= 0.6 is 0 Å². The normalized spacial score (nSPS) is 11.0. The maximum absolute atomic E-state index is 11.9. The summed E-state index contributed by atoms with van der Waals surface area (Å²) in [5.41, 5.74) is 5.25. The number of nitrogens with zero attached hydrogens (tertiary/aromatic N) is 1. The molecule has 4 heteroatoms. The van der Waals surface area contributed by atoms with Crippen molar-refractivity contribution in [2.75, 3.05) is 5.32 Å². The number of carbonyl (C=O) groups excluding carboxylic acids is 1. The minimum atomic E-state index is -0.337. The molecular weight excluding hydrogens is 274 g/mol. The van der Waals surface area contributed by atoms with Gasteiger partial charge in [0.25, 0.3) is 0 Å². The summed E-state index contributed by atoms with van der Waals surface area (Å²) in [5, 5.41) is 7.03. The van der Waals surface area contributed by atoms with Crippen LogP contribution in [0.4, 0.5) is 10.5 Å². The lowest BCUT2D eigenvalue weighted by Crippen LogP contribution is -2.25. The third kappa shape index (κ3) is 5.05. The van der Waals surface area contributed by atoms with Gasteiger partial charge >= 0.3 is 6.03 Å². The molecule has 0 unspecified atom stereocenters. The van der Waals surface area contributed by atoms with Crippen LogP contribution in [0.2, 0.25) is 0 Å². The standard InChI is InChI=1S/C18H21N3O/c1-2-3-14-17(15-10-6-4-7-11-15)20-21-18(22)19-16-12-8-5-9-13-16/h4-13H,2-3,14H2,1H3,(H2,19,21,22). The van der Waals surface area contributed by atoms with Crippen LogP contribution in [0.15, 0.2) is 65.8 Å². The molecular formula is C18H21N3O. The van der Waals surface area contributed by atoms with E-state index in [-0.39, 0.29) is 6.03 Å². The Bertz CT molecular complexity index is 609. The number of urea groups is 1. The molecule has 114 valence electrons. The Morgan fingerprint density at radius 3 is 2.27 bits per heavy atom. The van der Waals surface area contributed by atoms with Gasteiger partial charge in [0, 0.05) is 5.69 Å². The van der Waals surface area contributed by atoms with Gasteiger partial charge in [-0.05, 0) is 30.5 Å². The highest BCUT2D eigenvalue weighted by molar-refractivity contribution is 6.01. The smallest absolute Gasteiger partial charge is 0.307 e. The summed E-state index contributed by atoms with van der Waals surface area (Å²) in [4.78, 5) is 11.9. The van der Waals surface area contributed by atoms with Crippen molar-refractivity contribution in [1.29, 1.82) is 0 Å². The highest BCUT2D eigenvalue weighted by atomic mass is 16.2. The van der Waals surface area contributed by atoms with Crippen LogP contribution in [0.25, 0.3) is 0 Å². The van der Waals surface area contributed by atoms with E-state index < -0.39 is 0 Å². The van der Waals surface area contributed by atoms with E-state index in [1.807, 2.05) is 60.7 Å². The van der Waals surface area contributed by atoms with E-state index in [0.29, 0.717) is 0 Å². The molecule has 2 aromatic rings. The monoisotopic (exact) mass is 295 g/mol. The molecule has 2 amide bonds. The van der Waals surface area contributed by atoms with Crippen LogP contribution in [0.3, 0.4) is 0 Å². The zero-order chi connectivity index (χ0) is 15.6. The van der Waals surface area contributed by atoms with Gasteiger partial charge in [-0.25, -0.2) is 10.2 Å². The highest BCUT2D eigenvalue weighted by Crippen LogP contribution is 2.08. The molecule has 2 aromatic carbocycles. The van der Waals surface area contributed by atoms with E-state index in [0.717, 1.165) is 36.2 Å². The number of hydrazone groups is 1. The molecule has 0 bridgehead atoms. The molecule has 0 saturated carbocycles. The summed E-state index contributed by atoms with van der Waals surface area (Å²) in [7, 11) is 0. The van der Waals surface area contributed by atoms with Gasteiger partial charge in [0.2, 0.25) is 0 Å². The van der Waals surface area contributed by atoms with Gasteiger partial charge in [-0.15, -0.1) is 0 Å².